The van der Waals surface area contributed by atoms with E-state index in [1.165, 1.54) is 12.7 Å². The summed E-state index contributed by atoms with van der Waals surface area (Å²) >= 11 is 0. The summed E-state index contributed by atoms with van der Waals surface area (Å²) in [4.78, 5) is 30.3. The second kappa shape index (κ2) is 5.83. The van der Waals surface area contributed by atoms with Gasteiger partial charge < -0.3 is 10.2 Å². The number of rotatable bonds is 3. The Morgan fingerprint density at radius 1 is 1.29 bits per heavy atom. The molecule has 1 aliphatic carbocycles. The highest BCUT2D eigenvalue weighted by atomic mass is 16.2. The minimum atomic E-state index is -0.361. The summed E-state index contributed by atoms with van der Waals surface area (Å²) in [5.74, 6) is 0.912. The van der Waals surface area contributed by atoms with Gasteiger partial charge in [0.1, 0.15) is 24.7 Å². The molecule has 1 saturated heterocycles. The van der Waals surface area contributed by atoms with Gasteiger partial charge in [-0.05, 0) is 18.8 Å². The number of nitrogens with zero attached hydrogens (tertiary/aromatic N) is 4. The Kier molecular flexibility index (Phi) is 3.90. The van der Waals surface area contributed by atoms with Crippen molar-refractivity contribution >= 4 is 11.8 Å². The fourth-order valence-corrected chi connectivity index (χ4v) is 3.28. The molecule has 0 radical (unpaired) electrons. The van der Waals surface area contributed by atoms with Gasteiger partial charge in [-0.25, -0.2) is 4.98 Å². The molecule has 7 heteroatoms. The van der Waals surface area contributed by atoms with Crippen LogP contribution in [0.4, 0.5) is 0 Å². The van der Waals surface area contributed by atoms with Crippen molar-refractivity contribution in [3.8, 4) is 0 Å². The van der Waals surface area contributed by atoms with Gasteiger partial charge in [-0.1, -0.05) is 19.3 Å². The number of aryl methyl sites for hydroxylation is 1. The molecule has 21 heavy (non-hydrogen) atoms. The lowest BCUT2D eigenvalue weighted by atomic mass is 9.82. The standard InChI is InChI=1S/C14H21N5O2/c1-18-11(15-9-16-18)7-19-8-12(20)17-13(14(19)21)10-5-3-2-4-6-10/h9-10,13H,2-8H2,1H3,(H,17,20). The lowest BCUT2D eigenvalue weighted by Crippen LogP contribution is -2.60. The van der Waals surface area contributed by atoms with Crippen LogP contribution in [0.2, 0.25) is 0 Å². The third-order valence-corrected chi connectivity index (χ3v) is 4.49. The Morgan fingerprint density at radius 3 is 2.71 bits per heavy atom. The van der Waals surface area contributed by atoms with Crippen molar-refractivity contribution in [2.75, 3.05) is 6.54 Å². The monoisotopic (exact) mass is 291 g/mol. The largest absolute Gasteiger partial charge is 0.342 e. The van der Waals surface area contributed by atoms with Crippen molar-refractivity contribution in [3.63, 3.8) is 0 Å². The quantitative estimate of drug-likeness (QED) is 0.864. The lowest BCUT2D eigenvalue weighted by Gasteiger charge is -2.37. The number of hydrogen-bond acceptors (Lipinski definition) is 4. The molecular weight excluding hydrogens is 270 g/mol. The Morgan fingerprint density at radius 2 is 2.05 bits per heavy atom. The maximum absolute atomic E-state index is 12.7. The van der Waals surface area contributed by atoms with Crippen molar-refractivity contribution in [1.29, 1.82) is 0 Å². The average molecular weight is 291 g/mol. The number of carbonyl (C=O) groups is 2. The summed E-state index contributed by atoms with van der Waals surface area (Å²) in [5.41, 5.74) is 0. The van der Waals surface area contributed by atoms with Crippen LogP contribution in [0.25, 0.3) is 0 Å². The van der Waals surface area contributed by atoms with Gasteiger partial charge in [0.15, 0.2) is 0 Å². The maximum Gasteiger partial charge on any atom is 0.246 e. The number of nitrogens with one attached hydrogen (secondary N) is 1. The van der Waals surface area contributed by atoms with Crippen molar-refractivity contribution in [3.05, 3.63) is 12.2 Å². The average Bonchev–Trinajstić information content (AvgIpc) is 2.89. The highest BCUT2D eigenvalue weighted by Gasteiger charge is 2.38. The van der Waals surface area contributed by atoms with E-state index in [2.05, 4.69) is 15.4 Å². The summed E-state index contributed by atoms with van der Waals surface area (Å²) in [7, 11) is 1.79. The molecule has 3 rings (SSSR count). The number of aromatic nitrogens is 3. The SMILES string of the molecule is Cn1ncnc1CN1CC(=O)NC(C2CCCCC2)C1=O. The van der Waals surface area contributed by atoms with Crippen LogP contribution in [0.5, 0.6) is 0 Å². The van der Waals surface area contributed by atoms with Crippen LogP contribution in [-0.2, 0) is 23.2 Å². The van der Waals surface area contributed by atoms with E-state index in [4.69, 9.17) is 0 Å². The van der Waals surface area contributed by atoms with Gasteiger partial charge in [-0.2, -0.15) is 5.10 Å². The predicted molar refractivity (Wildman–Crippen MR) is 74.9 cm³/mol. The summed E-state index contributed by atoms with van der Waals surface area (Å²) in [6.07, 6.45) is 7.03. The zero-order valence-corrected chi connectivity index (χ0v) is 12.3. The van der Waals surface area contributed by atoms with E-state index in [1.807, 2.05) is 0 Å². The predicted octanol–water partition coefficient (Wildman–Crippen LogP) is 0.222. The molecule has 1 atom stereocenters. The number of amides is 2. The summed E-state index contributed by atoms with van der Waals surface area (Å²) in [6, 6.07) is -0.361. The highest BCUT2D eigenvalue weighted by molar-refractivity contribution is 5.95. The zero-order valence-electron chi connectivity index (χ0n) is 12.3. The summed E-state index contributed by atoms with van der Waals surface area (Å²) < 4.78 is 1.63. The van der Waals surface area contributed by atoms with Crippen molar-refractivity contribution < 1.29 is 9.59 Å². The first-order chi connectivity index (χ1) is 10.1. The van der Waals surface area contributed by atoms with E-state index in [1.54, 1.807) is 16.6 Å². The first kappa shape index (κ1) is 14.0. The minimum Gasteiger partial charge on any atom is -0.342 e. The molecular formula is C14H21N5O2. The van der Waals surface area contributed by atoms with Crippen LogP contribution in [0.1, 0.15) is 37.9 Å². The van der Waals surface area contributed by atoms with Gasteiger partial charge in [0.05, 0.1) is 6.54 Å². The normalized spacial score (nSPS) is 24.2. The second-order valence-electron chi connectivity index (χ2n) is 5.94. The van der Waals surface area contributed by atoms with Crippen LogP contribution >= 0.6 is 0 Å². The number of hydrogen-bond donors (Lipinski definition) is 1. The van der Waals surface area contributed by atoms with E-state index in [0.29, 0.717) is 12.4 Å². The number of piperazine rings is 1. The second-order valence-corrected chi connectivity index (χ2v) is 5.94. The molecule has 1 aliphatic heterocycles. The third-order valence-electron chi connectivity index (χ3n) is 4.49. The van der Waals surface area contributed by atoms with E-state index in [9.17, 15) is 9.59 Å². The van der Waals surface area contributed by atoms with Gasteiger partial charge in [0, 0.05) is 7.05 Å². The first-order valence-electron chi connectivity index (χ1n) is 7.56. The molecule has 114 valence electrons. The van der Waals surface area contributed by atoms with Crippen molar-refractivity contribution in [1.82, 2.24) is 25.0 Å². The summed E-state index contributed by atoms with van der Waals surface area (Å²) in [5, 5.41) is 6.89. The molecule has 1 N–H and O–H groups in total. The fraction of sp³-hybridized carbons (Fsp3) is 0.714. The fourth-order valence-electron chi connectivity index (χ4n) is 3.28. The third kappa shape index (κ3) is 2.91. The number of carbonyl (C=O) groups excluding carboxylic acids is 2. The maximum atomic E-state index is 12.7. The molecule has 2 amide bonds. The van der Waals surface area contributed by atoms with Crippen LogP contribution in [0.15, 0.2) is 6.33 Å². The highest BCUT2D eigenvalue weighted by Crippen LogP contribution is 2.28. The van der Waals surface area contributed by atoms with Gasteiger partial charge >= 0.3 is 0 Å². The molecule has 2 fully saturated rings. The molecule has 1 aromatic heterocycles. The Balaban J connectivity index is 1.73. The molecule has 0 bridgehead atoms. The van der Waals surface area contributed by atoms with Crippen LogP contribution in [0.3, 0.4) is 0 Å². The molecule has 7 nitrogen and oxygen atoms in total. The lowest BCUT2D eigenvalue weighted by molar-refractivity contribution is -0.147. The molecule has 2 heterocycles. The van der Waals surface area contributed by atoms with Gasteiger partial charge in [-0.15, -0.1) is 0 Å². The molecule has 1 unspecified atom stereocenters. The first-order valence-corrected chi connectivity index (χ1v) is 7.56. The Hall–Kier alpha value is -1.92. The van der Waals surface area contributed by atoms with Crippen LogP contribution in [0, 0.1) is 5.92 Å². The van der Waals surface area contributed by atoms with Crippen molar-refractivity contribution in [2.24, 2.45) is 13.0 Å². The van der Waals surface area contributed by atoms with Crippen LogP contribution in [-0.4, -0.2) is 44.1 Å². The zero-order chi connectivity index (χ0) is 14.8. The molecule has 0 spiro atoms. The van der Waals surface area contributed by atoms with Crippen molar-refractivity contribution in [2.45, 2.75) is 44.7 Å². The van der Waals surface area contributed by atoms with Crippen LogP contribution < -0.4 is 5.32 Å². The van der Waals surface area contributed by atoms with E-state index in [0.717, 1.165) is 25.7 Å². The molecule has 1 aromatic rings. The molecule has 2 aliphatic rings. The van der Waals surface area contributed by atoms with E-state index >= 15 is 0 Å². The minimum absolute atomic E-state index is 0.0181. The molecule has 1 saturated carbocycles. The van der Waals surface area contributed by atoms with E-state index in [-0.39, 0.29) is 30.3 Å². The van der Waals surface area contributed by atoms with E-state index < -0.39 is 0 Å². The molecule has 0 aromatic carbocycles. The van der Waals surface area contributed by atoms with Gasteiger partial charge in [-0.3, -0.25) is 14.3 Å². The Labute approximate surface area is 123 Å². The topological polar surface area (TPSA) is 80.1 Å². The smallest absolute Gasteiger partial charge is 0.246 e. The Bertz CT molecular complexity index is 535. The van der Waals surface area contributed by atoms with Gasteiger partial charge in [0.25, 0.3) is 0 Å². The van der Waals surface area contributed by atoms with Gasteiger partial charge in [0.2, 0.25) is 11.8 Å². The summed E-state index contributed by atoms with van der Waals surface area (Å²) in [6.45, 7) is 0.445.